The maximum Gasteiger partial charge on any atom is 0.171 e. The quantitative estimate of drug-likeness (QED) is 0.350. The SMILES string of the molecule is O=P(c1ccccc1)(c1ccccc1)c1ccc2c(c1)c1ccccc1n2-c1cccnn1. The van der Waals surface area contributed by atoms with E-state index >= 15 is 0 Å². The lowest BCUT2D eigenvalue weighted by atomic mass is 10.1. The molecule has 0 spiro atoms. The zero-order valence-electron chi connectivity index (χ0n) is 17.7. The molecule has 0 saturated heterocycles. The van der Waals surface area contributed by atoms with Crippen LogP contribution in [0.1, 0.15) is 0 Å². The summed E-state index contributed by atoms with van der Waals surface area (Å²) < 4.78 is 17.0. The summed E-state index contributed by atoms with van der Waals surface area (Å²) in [6.45, 7) is 0. The minimum absolute atomic E-state index is 0.755. The smallest absolute Gasteiger partial charge is 0.171 e. The first-order chi connectivity index (χ1) is 16.3. The van der Waals surface area contributed by atoms with Crippen LogP contribution in [0.2, 0.25) is 0 Å². The van der Waals surface area contributed by atoms with Crippen LogP contribution in [0, 0.1) is 0 Å². The van der Waals surface area contributed by atoms with E-state index in [1.807, 2.05) is 91.0 Å². The molecule has 0 amide bonds. The standard InChI is InChI=1S/C28H20N3OP/c32-33(21-10-3-1-4-11-21,22-12-5-2-6-13-22)23-17-18-27-25(20-23)24-14-7-8-15-26(24)31(27)28-16-9-19-29-30-28/h1-20H. The van der Waals surface area contributed by atoms with Gasteiger partial charge in [0.2, 0.25) is 0 Å². The normalized spacial score (nSPS) is 11.8. The maximum atomic E-state index is 14.8. The maximum absolute atomic E-state index is 14.8. The summed E-state index contributed by atoms with van der Waals surface area (Å²) in [4.78, 5) is 0. The average Bonchev–Trinajstić information content (AvgIpc) is 3.23. The molecule has 0 N–H and O–H groups in total. The number of hydrogen-bond donors (Lipinski definition) is 0. The largest absolute Gasteiger partial charge is 0.309 e. The fourth-order valence-corrected chi connectivity index (χ4v) is 7.21. The highest BCUT2D eigenvalue weighted by Gasteiger charge is 2.30. The molecular weight excluding hydrogens is 425 g/mol. The van der Waals surface area contributed by atoms with E-state index in [0.29, 0.717) is 0 Å². The second-order valence-electron chi connectivity index (χ2n) is 7.92. The molecule has 0 aliphatic carbocycles. The molecule has 2 aromatic heterocycles. The van der Waals surface area contributed by atoms with Crippen molar-refractivity contribution in [3.8, 4) is 5.82 Å². The van der Waals surface area contributed by atoms with Crippen LogP contribution in [0.25, 0.3) is 27.6 Å². The van der Waals surface area contributed by atoms with E-state index in [4.69, 9.17) is 0 Å². The lowest BCUT2D eigenvalue weighted by molar-refractivity contribution is 0.592. The van der Waals surface area contributed by atoms with Crippen LogP contribution in [0.3, 0.4) is 0 Å². The van der Waals surface area contributed by atoms with Crippen molar-refractivity contribution in [3.63, 3.8) is 0 Å². The minimum Gasteiger partial charge on any atom is -0.309 e. The van der Waals surface area contributed by atoms with Crippen molar-refractivity contribution in [3.05, 3.63) is 121 Å². The third-order valence-corrected chi connectivity index (χ3v) is 9.10. The zero-order valence-corrected chi connectivity index (χ0v) is 18.6. The first kappa shape index (κ1) is 19.7. The Labute approximate surface area is 191 Å². The highest BCUT2D eigenvalue weighted by molar-refractivity contribution is 7.85. The lowest BCUT2D eigenvalue weighted by Crippen LogP contribution is -2.24. The number of nitrogens with zero attached hydrogens (tertiary/aromatic N) is 3. The van der Waals surface area contributed by atoms with Gasteiger partial charge in [-0.2, -0.15) is 5.10 Å². The summed E-state index contributed by atoms with van der Waals surface area (Å²) in [7, 11) is -3.06. The van der Waals surface area contributed by atoms with E-state index in [-0.39, 0.29) is 0 Å². The molecule has 4 aromatic carbocycles. The Morgan fingerprint density at radius 2 is 1.21 bits per heavy atom. The second-order valence-corrected chi connectivity index (χ2v) is 10.7. The van der Waals surface area contributed by atoms with Gasteiger partial charge in [0.15, 0.2) is 13.0 Å². The van der Waals surface area contributed by atoms with Gasteiger partial charge in [0.25, 0.3) is 0 Å². The summed E-state index contributed by atoms with van der Waals surface area (Å²) in [5, 5.41) is 13.0. The van der Waals surface area contributed by atoms with Gasteiger partial charge in [0.1, 0.15) is 0 Å². The van der Waals surface area contributed by atoms with Gasteiger partial charge in [0, 0.05) is 32.9 Å². The number of aromatic nitrogens is 3. The van der Waals surface area contributed by atoms with E-state index in [1.54, 1.807) is 6.20 Å². The summed E-state index contributed by atoms with van der Waals surface area (Å²) >= 11 is 0. The van der Waals surface area contributed by atoms with Gasteiger partial charge >= 0.3 is 0 Å². The van der Waals surface area contributed by atoms with Crippen molar-refractivity contribution in [1.82, 2.24) is 14.8 Å². The minimum atomic E-state index is -3.06. The van der Waals surface area contributed by atoms with Crippen LogP contribution < -0.4 is 15.9 Å². The van der Waals surface area contributed by atoms with Gasteiger partial charge in [-0.3, -0.25) is 4.57 Å². The predicted octanol–water partition coefficient (Wildman–Crippen LogP) is 5.21. The van der Waals surface area contributed by atoms with Crippen molar-refractivity contribution in [2.45, 2.75) is 0 Å². The second kappa shape index (κ2) is 7.84. The van der Waals surface area contributed by atoms with Gasteiger partial charge in [-0.25, -0.2) is 0 Å². The Hall–Kier alpha value is -4.01. The highest BCUT2D eigenvalue weighted by atomic mass is 31.2. The average molecular weight is 445 g/mol. The number of fused-ring (bicyclic) bond motifs is 3. The van der Waals surface area contributed by atoms with E-state index in [1.165, 1.54) is 0 Å². The molecule has 0 aliphatic heterocycles. The molecule has 0 aliphatic rings. The lowest BCUT2D eigenvalue weighted by Gasteiger charge is -2.20. The van der Waals surface area contributed by atoms with Crippen LogP contribution in [-0.4, -0.2) is 14.8 Å². The first-order valence-corrected chi connectivity index (χ1v) is 12.5. The van der Waals surface area contributed by atoms with Crippen molar-refractivity contribution < 1.29 is 4.57 Å². The molecule has 0 saturated carbocycles. The molecule has 33 heavy (non-hydrogen) atoms. The number of para-hydroxylation sites is 1. The van der Waals surface area contributed by atoms with E-state index in [9.17, 15) is 4.57 Å². The molecule has 5 heteroatoms. The molecular formula is C28H20N3OP. The van der Waals surface area contributed by atoms with Crippen molar-refractivity contribution in [2.75, 3.05) is 0 Å². The molecule has 158 valence electrons. The predicted molar refractivity (Wildman–Crippen MR) is 136 cm³/mol. The van der Waals surface area contributed by atoms with Crippen LogP contribution >= 0.6 is 7.14 Å². The Balaban J connectivity index is 1.67. The van der Waals surface area contributed by atoms with Gasteiger partial charge in [-0.1, -0.05) is 78.9 Å². The number of benzene rings is 4. The van der Waals surface area contributed by atoms with Crippen molar-refractivity contribution in [2.24, 2.45) is 0 Å². The third-order valence-electron chi connectivity index (χ3n) is 6.05. The molecule has 6 aromatic rings. The van der Waals surface area contributed by atoms with Gasteiger partial charge < -0.3 is 4.57 Å². The Bertz CT molecular complexity index is 1580. The highest BCUT2D eigenvalue weighted by Crippen LogP contribution is 2.43. The van der Waals surface area contributed by atoms with Crippen LogP contribution in [0.4, 0.5) is 0 Å². The van der Waals surface area contributed by atoms with Gasteiger partial charge in [0.05, 0.1) is 11.0 Å². The van der Waals surface area contributed by atoms with E-state index < -0.39 is 7.14 Å². The molecule has 0 bridgehead atoms. The molecule has 0 unspecified atom stereocenters. The van der Waals surface area contributed by atoms with Gasteiger partial charge in [-0.15, -0.1) is 5.10 Å². The van der Waals surface area contributed by atoms with Crippen molar-refractivity contribution >= 4 is 44.9 Å². The molecule has 0 fully saturated rings. The molecule has 4 nitrogen and oxygen atoms in total. The van der Waals surface area contributed by atoms with Crippen LogP contribution in [0.15, 0.2) is 121 Å². The Kier molecular flexibility index (Phi) is 4.67. The van der Waals surface area contributed by atoms with E-state index in [2.05, 4.69) is 39.0 Å². The monoisotopic (exact) mass is 445 g/mol. The fourth-order valence-electron chi connectivity index (χ4n) is 4.54. The van der Waals surface area contributed by atoms with Crippen LogP contribution in [-0.2, 0) is 4.57 Å². The third kappa shape index (κ3) is 3.11. The Morgan fingerprint density at radius 3 is 1.88 bits per heavy atom. The summed E-state index contributed by atoms with van der Waals surface area (Å²) in [5.41, 5.74) is 2.05. The summed E-state index contributed by atoms with van der Waals surface area (Å²) in [6, 6.07) is 37.7. The summed E-state index contributed by atoms with van der Waals surface area (Å²) in [5.74, 6) is 0.755. The fraction of sp³-hybridized carbons (Fsp3) is 0. The zero-order chi connectivity index (χ0) is 22.3. The Morgan fingerprint density at radius 1 is 0.576 bits per heavy atom. The molecule has 0 radical (unpaired) electrons. The van der Waals surface area contributed by atoms with Gasteiger partial charge in [-0.05, 0) is 36.4 Å². The molecule has 6 rings (SSSR count). The summed E-state index contributed by atoms with van der Waals surface area (Å²) in [6.07, 6.45) is 1.67. The molecule has 2 heterocycles. The number of hydrogen-bond acceptors (Lipinski definition) is 3. The molecule has 0 atom stereocenters. The van der Waals surface area contributed by atoms with Crippen LogP contribution in [0.5, 0.6) is 0 Å². The first-order valence-electron chi connectivity index (χ1n) is 10.8. The topological polar surface area (TPSA) is 47.8 Å². The number of rotatable bonds is 4. The van der Waals surface area contributed by atoms with E-state index in [0.717, 1.165) is 43.5 Å². The van der Waals surface area contributed by atoms with Crippen molar-refractivity contribution in [1.29, 1.82) is 0 Å².